The molecule has 0 saturated heterocycles. The van der Waals surface area contributed by atoms with Crippen molar-refractivity contribution in [2.45, 2.75) is 69.8 Å². The number of ether oxygens (including phenoxy) is 3. The second-order valence-corrected chi connectivity index (χ2v) is 16.1. The van der Waals surface area contributed by atoms with Gasteiger partial charge < -0.3 is 23.7 Å². The van der Waals surface area contributed by atoms with Crippen molar-refractivity contribution < 1.29 is 28.5 Å². The summed E-state index contributed by atoms with van der Waals surface area (Å²) in [5.74, 6) is -0.449. The van der Waals surface area contributed by atoms with E-state index in [0.29, 0.717) is 6.42 Å². The van der Waals surface area contributed by atoms with Crippen LogP contribution in [0.15, 0.2) is 90.1 Å². The van der Waals surface area contributed by atoms with Gasteiger partial charge in [-0.15, -0.1) is 0 Å². The van der Waals surface area contributed by atoms with E-state index in [2.05, 4.69) is 55.1 Å². The van der Waals surface area contributed by atoms with Crippen LogP contribution < -0.4 is 10.4 Å². The zero-order chi connectivity index (χ0) is 31.3. The van der Waals surface area contributed by atoms with Crippen LogP contribution in [0.5, 0.6) is 0 Å². The maximum atomic E-state index is 12.0. The van der Waals surface area contributed by atoms with Gasteiger partial charge in [0.1, 0.15) is 18.5 Å². The number of azide groups is 1. The minimum absolute atomic E-state index is 0.0212. The Bertz CT molecular complexity index is 1220. The number of cyclic esters (lactones) is 1. The van der Waals surface area contributed by atoms with Crippen molar-refractivity contribution in [2.24, 2.45) is 11.0 Å². The molecule has 43 heavy (non-hydrogen) atoms. The fraction of sp³-hybridized carbons (Fsp3) is 0.485. The molecule has 1 aliphatic heterocycles. The van der Waals surface area contributed by atoms with E-state index in [1.165, 1.54) is 13.2 Å². The van der Waals surface area contributed by atoms with Crippen LogP contribution >= 0.6 is 0 Å². The Labute approximate surface area is 256 Å². The highest BCUT2D eigenvalue weighted by atomic mass is 28.4. The number of carbonyl (C=O) groups is 1. The van der Waals surface area contributed by atoms with E-state index in [4.69, 9.17) is 24.2 Å². The summed E-state index contributed by atoms with van der Waals surface area (Å²) in [5.41, 5.74) is 7.36. The molecule has 1 aliphatic rings. The van der Waals surface area contributed by atoms with Gasteiger partial charge in [0.15, 0.2) is 0 Å². The lowest BCUT2D eigenvalue weighted by Crippen LogP contribution is -2.66. The van der Waals surface area contributed by atoms with Gasteiger partial charge in [0.2, 0.25) is 0 Å². The van der Waals surface area contributed by atoms with Crippen LogP contribution in [-0.2, 0) is 23.4 Å². The monoisotopic (exact) mass is 607 g/mol. The average Bonchev–Trinajstić information content (AvgIpc) is 3.00. The summed E-state index contributed by atoms with van der Waals surface area (Å²) in [6.45, 7) is 8.92. The maximum absolute atomic E-state index is 12.0. The molecule has 0 unspecified atom stereocenters. The largest absolute Gasteiger partial charge is 0.454 e. The quantitative estimate of drug-likeness (QED) is 0.0516. The molecule has 10 heteroatoms. The predicted octanol–water partition coefficient (Wildman–Crippen LogP) is 5.44. The first-order chi connectivity index (χ1) is 20.6. The molecule has 0 fully saturated rings. The molecule has 0 bridgehead atoms. The van der Waals surface area contributed by atoms with E-state index in [0.717, 1.165) is 16.8 Å². The van der Waals surface area contributed by atoms with Gasteiger partial charge in [-0.2, -0.15) is 0 Å². The number of esters is 1. The molecule has 9 nitrogen and oxygen atoms in total. The van der Waals surface area contributed by atoms with Crippen LogP contribution in [-0.4, -0.2) is 64.3 Å². The Balaban J connectivity index is 1.97. The molecule has 1 N–H and O–H groups in total. The SMILES string of the molecule is CC[C@H]1C=CC(=O)O[C@H]1/C=C/[C@](O)(CCN=[N+]=[N-])[C@@H](CCO[Si](c1ccccc1)(c1ccccc1)C(C)(C)C)OCOC. The summed E-state index contributed by atoms with van der Waals surface area (Å²) in [6, 6.07) is 20.7. The van der Waals surface area contributed by atoms with Crippen molar-refractivity contribution in [1.82, 2.24) is 0 Å². The number of hydrogen-bond donors (Lipinski definition) is 1. The lowest BCUT2D eigenvalue weighted by molar-refractivity contribution is -0.146. The Kier molecular flexibility index (Phi) is 12.7. The van der Waals surface area contributed by atoms with Gasteiger partial charge in [0.05, 0.1) is 6.10 Å². The summed E-state index contributed by atoms with van der Waals surface area (Å²) in [7, 11) is -1.30. The number of aliphatic hydroxyl groups is 1. The summed E-state index contributed by atoms with van der Waals surface area (Å²) in [5, 5.41) is 17.8. The van der Waals surface area contributed by atoms with Crippen molar-refractivity contribution >= 4 is 24.7 Å². The van der Waals surface area contributed by atoms with Crippen LogP contribution in [0.2, 0.25) is 5.04 Å². The average molecular weight is 608 g/mol. The molecule has 0 aromatic heterocycles. The molecule has 2 aromatic rings. The summed E-state index contributed by atoms with van der Waals surface area (Å²) < 4.78 is 23.9. The van der Waals surface area contributed by atoms with Crippen molar-refractivity contribution in [3.63, 3.8) is 0 Å². The van der Waals surface area contributed by atoms with Gasteiger partial charge in [-0.05, 0) is 46.3 Å². The third-order valence-electron chi connectivity index (χ3n) is 7.94. The highest BCUT2D eigenvalue weighted by Gasteiger charge is 2.50. The van der Waals surface area contributed by atoms with E-state index in [9.17, 15) is 9.90 Å². The van der Waals surface area contributed by atoms with Gasteiger partial charge in [0.25, 0.3) is 8.32 Å². The second kappa shape index (κ2) is 16.0. The molecule has 0 aliphatic carbocycles. The molecule has 0 amide bonds. The first kappa shape index (κ1) is 34.2. The van der Waals surface area contributed by atoms with Gasteiger partial charge in [0, 0.05) is 37.2 Å². The van der Waals surface area contributed by atoms with Gasteiger partial charge in [-0.25, -0.2) is 4.79 Å². The fourth-order valence-electron chi connectivity index (χ4n) is 5.72. The van der Waals surface area contributed by atoms with Gasteiger partial charge in [-0.1, -0.05) is 106 Å². The molecule has 232 valence electrons. The van der Waals surface area contributed by atoms with E-state index < -0.39 is 32.1 Å². The Morgan fingerprint density at radius 3 is 2.28 bits per heavy atom. The number of methoxy groups -OCH3 is 1. The standard InChI is InChI=1S/C33H45N3O6Si/c1-6-26-17-18-31(37)42-29(26)19-21-33(38,22-23-35-36-34)30(40-25-39-5)20-24-41-43(32(2,3)4,27-13-9-7-10-14-27)28-15-11-8-12-16-28/h7-19,21,26,29-30,38H,6,20,22-25H2,1-5H3/b21-19+/t26-,29-,30+,33-/m0/s1. The van der Waals surface area contributed by atoms with E-state index in [-0.39, 0.29) is 37.3 Å². The van der Waals surface area contributed by atoms with Crippen LogP contribution in [0.1, 0.15) is 47.0 Å². The Morgan fingerprint density at radius 1 is 1.12 bits per heavy atom. The van der Waals surface area contributed by atoms with Crippen molar-refractivity contribution in [1.29, 1.82) is 0 Å². The Morgan fingerprint density at radius 2 is 1.74 bits per heavy atom. The number of carbonyl (C=O) groups excluding carboxylic acids is 1. The van der Waals surface area contributed by atoms with E-state index in [1.807, 2.05) is 49.4 Å². The summed E-state index contributed by atoms with van der Waals surface area (Å²) >= 11 is 0. The summed E-state index contributed by atoms with van der Waals surface area (Å²) in [6.07, 6.45) is 6.44. The molecule has 1 heterocycles. The van der Waals surface area contributed by atoms with Crippen LogP contribution in [0.25, 0.3) is 10.4 Å². The van der Waals surface area contributed by atoms with Crippen LogP contribution in [0, 0.1) is 5.92 Å². The Hall–Kier alpha value is -3.24. The normalized spacial score (nSPS) is 19.4. The third kappa shape index (κ3) is 8.66. The smallest absolute Gasteiger partial charge is 0.331 e. The summed E-state index contributed by atoms with van der Waals surface area (Å²) in [4.78, 5) is 14.8. The molecule has 4 atom stereocenters. The third-order valence-corrected chi connectivity index (χ3v) is 13.0. The highest BCUT2D eigenvalue weighted by Crippen LogP contribution is 2.37. The van der Waals surface area contributed by atoms with Crippen LogP contribution in [0.4, 0.5) is 0 Å². The van der Waals surface area contributed by atoms with Gasteiger partial charge >= 0.3 is 5.97 Å². The minimum Gasteiger partial charge on any atom is -0.454 e. The van der Waals surface area contributed by atoms with Crippen LogP contribution in [0.3, 0.4) is 0 Å². The molecule has 0 radical (unpaired) electrons. The number of benzene rings is 2. The molecular weight excluding hydrogens is 562 g/mol. The zero-order valence-electron chi connectivity index (χ0n) is 25.9. The molecule has 2 aromatic carbocycles. The molecule has 0 saturated carbocycles. The first-order valence-electron chi connectivity index (χ1n) is 14.8. The predicted molar refractivity (Wildman–Crippen MR) is 170 cm³/mol. The number of hydrogen-bond acceptors (Lipinski definition) is 7. The molecular formula is C33H45N3O6Si. The second-order valence-electron chi connectivity index (χ2n) is 11.7. The van der Waals surface area contributed by atoms with Crippen molar-refractivity contribution in [2.75, 3.05) is 27.1 Å². The lowest BCUT2D eigenvalue weighted by atomic mass is 9.88. The molecule has 3 rings (SSSR count). The van der Waals surface area contributed by atoms with E-state index >= 15 is 0 Å². The first-order valence-corrected chi connectivity index (χ1v) is 16.7. The van der Waals surface area contributed by atoms with Gasteiger partial charge in [-0.3, -0.25) is 0 Å². The lowest BCUT2D eigenvalue weighted by Gasteiger charge is -2.43. The van der Waals surface area contributed by atoms with Crippen molar-refractivity contribution in [3.05, 3.63) is 95.4 Å². The maximum Gasteiger partial charge on any atom is 0.331 e. The number of rotatable bonds is 16. The minimum atomic E-state index is -2.82. The van der Waals surface area contributed by atoms with E-state index in [1.54, 1.807) is 12.2 Å². The fourth-order valence-corrected chi connectivity index (χ4v) is 10.3. The van der Waals surface area contributed by atoms with Crippen molar-refractivity contribution in [3.8, 4) is 0 Å². The topological polar surface area (TPSA) is 123 Å². The molecule has 0 spiro atoms. The highest BCUT2D eigenvalue weighted by molar-refractivity contribution is 6.99. The zero-order valence-corrected chi connectivity index (χ0v) is 26.9. The number of nitrogens with zero attached hydrogens (tertiary/aromatic N) is 3.